The van der Waals surface area contributed by atoms with Gasteiger partial charge < -0.3 is 4.74 Å². The van der Waals surface area contributed by atoms with Crippen LogP contribution in [0.3, 0.4) is 0 Å². The van der Waals surface area contributed by atoms with Crippen LogP contribution < -0.4 is 4.74 Å². The number of benzene rings is 1. The molecule has 0 bridgehead atoms. The van der Waals surface area contributed by atoms with E-state index in [9.17, 15) is 8.42 Å². The van der Waals surface area contributed by atoms with E-state index in [4.69, 9.17) is 4.74 Å². The van der Waals surface area contributed by atoms with Gasteiger partial charge in [0.05, 0.1) is 18.8 Å². The molecule has 2 aromatic heterocycles. The van der Waals surface area contributed by atoms with E-state index in [0.717, 1.165) is 16.7 Å². The number of aromatic nitrogens is 2. The van der Waals surface area contributed by atoms with Crippen LogP contribution in [0.4, 0.5) is 0 Å². The first-order valence-corrected chi connectivity index (χ1v) is 10.7. The topological polar surface area (TPSA) is 72.4 Å². The van der Waals surface area contributed by atoms with Crippen molar-refractivity contribution in [3.63, 3.8) is 0 Å². The first-order valence-electron chi connectivity index (χ1n) is 8.31. The minimum atomic E-state index is -3.80. The van der Waals surface area contributed by atoms with Crippen LogP contribution in [0.15, 0.2) is 52.4 Å². The number of aryl methyl sites for hydroxylation is 1. The lowest BCUT2D eigenvalue weighted by Crippen LogP contribution is -2.30. The van der Waals surface area contributed by atoms with Crippen molar-refractivity contribution in [2.45, 2.75) is 24.8 Å². The normalized spacial score (nSPS) is 12.9. The molecule has 0 aliphatic heterocycles. The van der Waals surface area contributed by atoms with E-state index in [1.165, 1.54) is 17.7 Å². The number of methoxy groups -OCH3 is 1. The average molecular weight is 404 g/mol. The zero-order valence-corrected chi connectivity index (χ0v) is 17.2. The summed E-state index contributed by atoms with van der Waals surface area (Å²) < 4.78 is 33.3. The van der Waals surface area contributed by atoms with Crippen molar-refractivity contribution in [1.82, 2.24) is 14.3 Å². The number of sulfonamides is 1. The maximum absolute atomic E-state index is 13.3. The third kappa shape index (κ3) is 3.73. The molecule has 0 radical (unpaired) electrons. The number of hydrogen-bond donors (Lipinski definition) is 0. The molecule has 1 atom stereocenters. The van der Waals surface area contributed by atoms with Crippen molar-refractivity contribution >= 4 is 21.4 Å². The predicted molar refractivity (Wildman–Crippen MR) is 106 cm³/mol. The molecule has 1 unspecified atom stereocenters. The Bertz CT molecular complexity index is 1030. The molecule has 142 valence electrons. The Hall–Kier alpha value is -2.29. The molecule has 0 saturated carbocycles. The van der Waals surface area contributed by atoms with Gasteiger partial charge in [0.15, 0.2) is 0 Å². The molecule has 3 rings (SSSR count). The zero-order chi connectivity index (χ0) is 19.6. The van der Waals surface area contributed by atoms with Gasteiger partial charge in [-0.3, -0.25) is 0 Å². The molecular formula is C19H21N3O3S2. The minimum Gasteiger partial charge on any atom is -0.495 e. The summed E-state index contributed by atoms with van der Waals surface area (Å²) >= 11 is 1.59. The smallest absolute Gasteiger partial charge is 0.247 e. The first kappa shape index (κ1) is 19.5. The molecule has 27 heavy (non-hydrogen) atoms. The second kappa shape index (κ2) is 7.75. The van der Waals surface area contributed by atoms with Crippen molar-refractivity contribution in [2.75, 3.05) is 14.2 Å². The molecule has 0 amide bonds. The van der Waals surface area contributed by atoms with Gasteiger partial charge in [0.25, 0.3) is 0 Å². The second-order valence-electron chi connectivity index (χ2n) is 6.17. The fraction of sp³-hybridized carbons (Fsp3) is 0.263. The number of thiophene rings is 1. The molecule has 1 aromatic carbocycles. The fourth-order valence-corrected chi connectivity index (χ4v) is 5.17. The Morgan fingerprint density at radius 3 is 2.59 bits per heavy atom. The summed E-state index contributed by atoms with van der Waals surface area (Å²) in [4.78, 5) is 8.19. The van der Waals surface area contributed by atoms with E-state index in [1.807, 2.05) is 23.8 Å². The van der Waals surface area contributed by atoms with Crippen LogP contribution in [-0.2, 0) is 10.0 Å². The molecule has 3 aromatic rings. The van der Waals surface area contributed by atoms with Gasteiger partial charge >= 0.3 is 0 Å². The Balaban J connectivity index is 2.06. The number of nitrogens with zero attached hydrogens (tertiary/aromatic N) is 3. The van der Waals surface area contributed by atoms with Crippen molar-refractivity contribution in [3.8, 4) is 16.9 Å². The van der Waals surface area contributed by atoms with Gasteiger partial charge in [0.2, 0.25) is 10.0 Å². The van der Waals surface area contributed by atoms with Crippen molar-refractivity contribution < 1.29 is 13.2 Å². The maximum Gasteiger partial charge on any atom is 0.247 e. The Labute approximate surface area is 163 Å². The third-order valence-corrected chi connectivity index (χ3v) is 7.38. The summed E-state index contributed by atoms with van der Waals surface area (Å²) in [6, 6.07) is 6.50. The van der Waals surface area contributed by atoms with Gasteiger partial charge in [0.1, 0.15) is 17.0 Å². The first-order chi connectivity index (χ1) is 12.9. The monoisotopic (exact) mass is 403 g/mol. The Kier molecular flexibility index (Phi) is 5.59. The SMILES string of the molecule is COc1ccc(-c2cscc2C)cc1S(=O)(=O)N(C)C(C)c1ccncn1. The highest BCUT2D eigenvalue weighted by atomic mass is 32.2. The van der Waals surface area contributed by atoms with E-state index >= 15 is 0 Å². The third-order valence-electron chi connectivity index (χ3n) is 4.57. The average Bonchev–Trinajstić information content (AvgIpc) is 3.12. The van der Waals surface area contributed by atoms with Crippen LogP contribution >= 0.6 is 11.3 Å². The van der Waals surface area contributed by atoms with Crippen LogP contribution in [-0.4, -0.2) is 36.8 Å². The maximum atomic E-state index is 13.3. The van der Waals surface area contributed by atoms with Crippen molar-refractivity contribution in [3.05, 3.63) is 58.8 Å². The summed E-state index contributed by atoms with van der Waals surface area (Å²) in [6.45, 7) is 3.80. The van der Waals surface area contributed by atoms with Crippen LogP contribution in [0.25, 0.3) is 11.1 Å². The second-order valence-corrected chi connectivity index (χ2v) is 8.88. The predicted octanol–water partition coefficient (Wildman–Crippen LogP) is 3.90. The van der Waals surface area contributed by atoms with Gasteiger partial charge in [-0.2, -0.15) is 15.6 Å². The summed E-state index contributed by atoms with van der Waals surface area (Å²) in [7, 11) is -0.789. The Morgan fingerprint density at radius 2 is 2.00 bits per heavy atom. The van der Waals surface area contributed by atoms with Crippen LogP contribution in [0.2, 0.25) is 0 Å². The highest BCUT2D eigenvalue weighted by Gasteiger charge is 2.30. The molecule has 0 aliphatic rings. The molecule has 0 aliphatic carbocycles. The van der Waals surface area contributed by atoms with Gasteiger partial charge in [0, 0.05) is 13.2 Å². The standard InChI is InChI=1S/C19H21N3O3S2/c1-13-10-26-11-16(13)15-5-6-18(25-4)19(9-15)27(23,24)22(3)14(2)17-7-8-20-12-21-17/h5-12,14H,1-4H3. The lowest BCUT2D eigenvalue weighted by molar-refractivity contribution is 0.378. The molecule has 0 spiro atoms. The molecular weight excluding hydrogens is 382 g/mol. The van der Waals surface area contributed by atoms with E-state index in [-0.39, 0.29) is 4.90 Å². The highest BCUT2D eigenvalue weighted by molar-refractivity contribution is 7.89. The summed E-state index contributed by atoms with van der Waals surface area (Å²) in [6.07, 6.45) is 3.01. The lowest BCUT2D eigenvalue weighted by Gasteiger charge is -2.25. The molecule has 0 fully saturated rings. The lowest BCUT2D eigenvalue weighted by atomic mass is 10.1. The molecule has 0 N–H and O–H groups in total. The largest absolute Gasteiger partial charge is 0.495 e. The molecule has 2 heterocycles. The van der Waals surface area contributed by atoms with Gasteiger partial charge in [-0.25, -0.2) is 18.4 Å². The van der Waals surface area contributed by atoms with Crippen LogP contribution in [0, 0.1) is 6.92 Å². The van der Waals surface area contributed by atoms with Gasteiger partial charge in [-0.1, -0.05) is 6.07 Å². The van der Waals surface area contributed by atoms with Crippen LogP contribution in [0.1, 0.15) is 24.2 Å². The summed E-state index contributed by atoms with van der Waals surface area (Å²) in [5.74, 6) is 0.313. The van der Waals surface area contributed by atoms with Gasteiger partial charge in [-0.15, -0.1) is 0 Å². The number of hydrogen-bond acceptors (Lipinski definition) is 6. The zero-order valence-electron chi connectivity index (χ0n) is 15.6. The Morgan fingerprint density at radius 1 is 1.22 bits per heavy atom. The highest BCUT2D eigenvalue weighted by Crippen LogP contribution is 2.35. The van der Waals surface area contributed by atoms with Crippen LogP contribution in [0.5, 0.6) is 5.75 Å². The molecule has 8 heteroatoms. The van der Waals surface area contributed by atoms with E-state index in [0.29, 0.717) is 11.4 Å². The number of rotatable bonds is 6. The fourth-order valence-electron chi connectivity index (χ4n) is 2.80. The summed E-state index contributed by atoms with van der Waals surface area (Å²) in [5.41, 5.74) is 3.60. The summed E-state index contributed by atoms with van der Waals surface area (Å²) in [5, 5.41) is 4.05. The minimum absolute atomic E-state index is 0.136. The van der Waals surface area contributed by atoms with Crippen molar-refractivity contribution in [2.24, 2.45) is 0 Å². The van der Waals surface area contributed by atoms with Crippen molar-refractivity contribution in [1.29, 1.82) is 0 Å². The molecule has 0 saturated heterocycles. The van der Waals surface area contributed by atoms with Gasteiger partial charge in [-0.05, 0) is 59.5 Å². The van der Waals surface area contributed by atoms with E-state index in [2.05, 4.69) is 9.97 Å². The van der Waals surface area contributed by atoms with E-state index < -0.39 is 16.1 Å². The quantitative estimate of drug-likeness (QED) is 0.624. The number of ether oxygens (including phenoxy) is 1. The molecule has 6 nitrogen and oxygen atoms in total. The van der Waals surface area contributed by atoms with E-state index in [1.54, 1.807) is 49.7 Å².